The van der Waals surface area contributed by atoms with E-state index in [1.54, 1.807) is 12.1 Å². The molecule has 0 unspecified atom stereocenters. The zero-order valence-electron chi connectivity index (χ0n) is 9.72. The fourth-order valence-electron chi connectivity index (χ4n) is 1.59. The number of nitrogens with zero attached hydrogens (tertiary/aromatic N) is 1. The molecule has 0 aromatic heterocycles. The largest absolute Gasteiger partial charge is 0.241 e. The van der Waals surface area contributed by atoms with E-state index in [2.05, 4.69) is 6.92 Å². The SMILES string of the molecule is [CH2]c1ccc(N(c2ccc(F)c(F)c2)[SH](=O)=O)cc1. The van der Waals surface area contributed by atoms with Crippen LogP contribution in [0.4, 0.5) is 20.2 Å². The first kappa shape index (κ1) is 13.5. The maximum atomic E-state index is 13.2. The number of halogens is 2. The van der Waals surface area contributed by atoms with Gasteiger partial charge in [0.15, 0.2) is 11.6 Å². The van der Waals surface area contributed by atoms with Crippen LogP contribution in [0.3, 0.4) is 0 Å². The van der Waals surface area contributed by atoms with E-state index >= 15 is 0 Å². The molecule has 0 aliphatic rings. The average molecular weight is 282 g/mol. The highest BCUT2D eigenvalue weighted by atomic mass is 32.2. The first-order valence-corrected chi connectivity index (χ1v) is 6.43. The van der Waals surface area contributed by atoms with E-state index in [9.17, 15) is 17.2 Å². The van der Waals surface area contributed by atoms with Crippen LogP contribution in [0.5, 0.6) is 0 Å². The predicted molar refractivity (Wildman–Crippen MR) is 69.7 cm³/mol. The highest BCUT2D eigenvalue weighted by molar-refractivity contribution is 7.74. The summed E-state index contributed by atoms with van der Waals surface area (Å²) in [5.41, 5.74) is 1.08. The van der Waals surface area contributed by atoms with Crippen LogP contribution in [0.1, 0.15) is 5.56 Å². The van der Waals surface area contributed by atoms with E-state index in [0.717, 1.165) is 22.0 Å². The molecule has 3 nitrogen and oxygen atoms in total. The fraction of sp³-hybridized carbons (Fsp3) is 0. The van der Waals surface area contributed by atoms with Gasteiger partial charge >= 0.3 is 0 Å². The number of benzene rings is 2. The Kier molecular flexibility index (Phi) is 3.80. The third kappa shape index (κ3) is 2.90. The molecule has 0 bridgehead atoms. The van der Waals surface area contributed by atoms with E-state index in [-0.39, 0.29) is 5.69 Å². The molecule has 0 aliphatic heterocycles. The smallest absolute Gasteiger partial charge is 0.229 e. The van der Waals surface area contributed by atoms with Gasteiger partial charge in [0.25, 0.3) is 0 Å². The van der Waals surface area contributed by atoms with Gasteiger partial charge in [-0.3, -0.25) is 0 Å². The maximum absolute atomic E-state index is 13.2. The van der Waals surface area contributed by atoms with Crippen LogP contribution in [0.2, 0.25) is 0 Å². The van der Waals surface area contributed by atoms with Gasteiger partial charge in [-0.1, -0.05) is 12.1 Å². The molecule has 2 aromatic rings. The van der Waals surface area contributed by atoms with Crippen LogP contribution in [-0.4, -0.2) is 8.42 Å². The van der Waals surface area contributed by atoms with Crippen LogP contribution < -0.4 is 4.31 Å². The highest BCUT2D eigenvalue weighted by Crippen LogP contribution is 2.27. The maximum Gasteiger partial charge on any atom is 0.229 e. The van der Waals surface area contributed by atoms with Gasteiger partial charge < -0.3 is 0 Å². The zero-order valence-corrected chi connectivity index (χ0v) is 10.6. The average Bonchev–Trinajstić information content (AvgIpc) is 2.36. The Labute approximate surface area is 111 Å². The summed E-state index contributed by atoms with van der Waals surface area (Å²) in [4.78, 5) is 0. The molecule has 19 heavy (non-hydrogen) atoms. The second-order valence-electron chi connectivity index (χ2n) is 3.81. The van der Waals surface area contributed by atoms with Crippen molar-refractivity contribution in [3.8, 4) is 0 Å². The lowest BCUT2D eigenvalue weighted by Gasteiger charge is -2.18. The Morgan fingerprint density at radius 3 is 2.00 bits per heavy atom. The van der Waals surface area contributed by atoms with Gasteiger partial charge in [-0.05, 0) is 36.8 Å². The Bertz CT molecular complexity index is 661. The van der Waals surface area contributed by atoms with Crippen molar-refractivity contribution in [3.63, 3.8) is 0 Å². The lowest BCUT2D eigenvalue weighted by atomic mass is 10.2. The van der Waals surface area contributed by atoms with E-state index in [1.807, 2.05) is 0 Å². The molecule has 0 saturated carbocycles. The van der Waals surface area contributed by atoms with Crippen molar-refractivity contribution >= 4 is 22.3 Å². The second kappa shape index (κ2) is 5.36. The van der Waals surface area contributed by atoms with E-state index < -0.39 is 22.5 Å². The van der Waals surface area contributed by atoms with Crippen LogP contribution >= 0.6 is 0 Å². The molecule has 0 fully saturated rings. The van der Waals surface area contributed by atoms with Crippen LogP contribution in [0, 0.1) is 18.6 Å². The molecule has 0 heterocycles. The van der Waals surface area contributed by atoms with Crippen LogP contribution in [0.25, 0.3) is 0 Å². The van der Waals surface area contributed by atoms with Gasteiger partial charge in [0, 0.05) is 6.07 Å². The summed E-state index contributed by atoms with van der Waals surface area (Å²) in [6.45, 7) is 3.69. The third-order valence-corrected chi connectivity index (χ3v) is 3.28. The molecule has 2 rings (SSSR count). The minimum absolute atomic E-state index is 0.0341. The Morgan fingerprint density at radius 1 is 0.895 bits per heavy atom. The molecule has 0 N–H and O–H groups in total. The molecule has 99 valence electrons. The summed E-state index contributed by atoms with van der Waals surface area (Å²) in [5, 5.41) is 0. The molecule has 0 aliphatic carbocycles. The minimum Gasteiger partial charge on any atom is -0.241 e. The molecule has 6 heteroatoms. The molecule has 0 amide bonds. The van der Waals surface area contributed by atoms with Gasteiger partial charge in [-0.15, -0.1) is 0 Å². The van der Waals surface area contributed by atoms with Gasteiger partial charge in [0.1, 0.15) is 0 Å². The monoisotopic (exact) mass is 282 g/mol. The van der Waals surface area contributed by atoms with Gasteiger partial charge in [-0.25, -0.2) is 21.5 Å². The van der Waals surface area contributed by atoms with Gasteiger partial charge in [0.2, 0.25) is 10.9 Å². The molecular formula is C13H10F2NO2S. The van der Waals surface area contributed by atoms with Gasteiger partial charge in [0.05, 0.1) is 11.4 Å². The molecule has 0 saturated heterocycles. The molecule has 0 atom stereocenters. The Hall–Kier alpha value is -1.95. The van der Waals surface area contributed by atoms with Crippen molar-refractivity contribution in [2.75, 3.05) is 4.31 Å². The minimum atomic E-state index is -3.02. The lowest BCUT2D eigenvalue weighted by molar-refractivity contribution is 0.509. The summed E-state index contributed by atoms with van der Waals surface area (Å²) >= 11 is 0. The standard InChI is InChI=1S/C13H10F2NO2S/c1-9-2-4-10(5-3-9)16(19(17)18)11-6-7-12(14)13(15)8-11/h2-8,19H,1H2. The van der Waals surface area contributed by atoms with Crippen molar-refractivity contribution < 1.29 is 17.2 Å². The van der Waals surface area contributed by atoms with Crippen molar-refractivity contribution in [1.82, 2.24) is 0 Å². The molecular weight excluding hydrogens is 272 g/mol. The number of hydrogen-bond acceptors (Lipinski definition) is 2. The molecule has 2 aromatic carbocycles. The molecule has 1 radical (unpaired) electrons. The highest BCUT2D eigenvalue weighted by Gasteiger charge is 2.13. The number of thiol groups is 1. The topological polar surface area (TPSA) is 37.4 Å². The quantitative estimate of drug-likeness (QED) is 0.879. The summed E-state index contributed by atoms with van der Waals surface area (Å²) in [6, 6.07) is 9.23. The van der Waals surface area contributed by atoms with E-state index in [4.69, 9.17) is 0 Å². The summed E-state index contributed by atoms with van der Waals surface area (Å²) < 4.78 is 49.6. The van der Waals surface area contributed by atoms with Crippen LogP contribution in [0.15, 0.2) is 42.5 Å². The number of hydrogen-bond donors (Lipinski definition) is 1. The van der Waals surface area contributed by atoms with E-state index in [1.165, 1.54) is 18.2 Å². The van der Waals surface area contributed by atoms with Crippen molar-refractivity contribution in [3.05, 3.63) is 66.6 Å². The fourth-order valence-corrected chi connectivity index (χ4v) is 2.23. The van der Waals surface area contributed by atoms with Crippen molar-refractivity contribution in [2.24, 2.45) is 0 Å². The number of anilines is 2. The Balaban J connectivity index is 2.51. The van der Waals surface area contributed by atoms with Crippen molar-refractivity contribution in [2.45, 2.75) is 0 Å². The second-order valence-corrected chi connectivity index (χ2v) is 4.69. The zero-order chi connectivity index (χ0) is 14.0. The van der Waals surface area contributed by atoms with Crippen LogP contribution in [-0.2, 0) is 10.9 Å². The third-order valence-electron chi connectivity index (χ3n) is 2.49. The summed E-state index contributed by atoms with van der Waals surface area (Å²) in [6.07, 6.45) is 0. The first-order valence-electron chi connectivity index (χ1n) is 5.30. The lowest BCUT2D eigenvalue weighted by Crippen LogP contribution is -2.14. The Morgan fingerprint density at radius 2 is 1.47 bits per heavy atom. The summed E-state index contributed by atoms with van der Waals surface area (Å²) in [7, 11) is -3.02. The molecule has 0 spiro atoms. The first-order chi connectivity index (χ1) is 8.99. The van der Waals surface area contributed by atoms with Gasteiger partial charge in [-0.2, -0.15) is 0 Å². The normalized spacial score (nSPS) is 10.7. The predicted octanol–water partition coefficient (Wildman–Crippen LogP) is 2.81. The summed E-state index contributed by atoms with van der Waals surface area (Å²) in [5.74, 6) is -2.13. The van der Waals surface area contributed by atoms with E-state index in [0.29, 0.717) is 5.69 Å². The van der Waals surface area contributed by atoms with Crippen molar-refractivity contribution in [1.29, 1.82) is 0 Å². The number of rotatable bonds is 3.